The predicted octanol–water partition coefficient (Wildman–Crippen LogP) is 4.19. The van der Waals surface area contributed by atoms with Crippen molar-refractivity contribution in [3.63, 3.8) is 0 Å². The molecule has 0 spiro atoms. The molecule has 0 unspecified atom stereocenters. The van der Waals surface area contributed by atoms with Crippen LogP contribution in [0.2, 0.25) is 0 Å². The van der Waals surface area contributed by atoms with Crippen molar-refractivity contribution in [2.24, 2.45) is 0 Å². The molecule has 0 amide bonds. The molecule has 4 aromatic heterocycles. The number of hydrogen-bond acceptors (Lipinski definition) is 5. The number of H-pyrrole nitrogens is 2. The number of carbonyl (C=O) groups is 1. The first-order valence-corrected chi connectivity index (χ1v) is 9.36. The fourth-order valence-corrected chi connectivity index (χ4v) is 3.51. The Morgan fingerprint density at radius 1 is 0.966 bits per heavy atom. The standard InChI is InChI=1S/C22H18N6O/c1-12-4-3-5-16(24-12)13(2)21(29)22-25-18-10-15-17(11-19(18)26-22)27-28-20(15)14-6-8-23-9-7-14/h3-11,13,27-28H,1-2H3/t13-/m1/s1. The van der Waals surface area contributed by atoms with E-state index < -0.39 is 5.92 Å². The zero-order chi connectivity index (χ0) is 20.0. The Morgan fingerprint density at radius 3 is 2.48 bits per heavy atom. The Balaban J connectivity index is 1.56. The van der Waals surface area contributed by atoms with Gasteiger partial charge in [-0.3, -0.25) is 19.9 Å². The lowest BCUT2D eigenvalue weighted by Crippen LogP contribution is -2.13. The number of nitrogens with zero attached hydrogens (tertiary/aromatic N) is 4. The van der Waals surface area contributed by atoms with Crippen LogP contribution in [0.15, 0.2) is 54.9 Å². The van der Waals surface area contributed by atoms with Crippen LogP contribution in [0.1, 0.15) is 34.8 Å². The topological polar surface area (TPSA) is 100 Å². The van der Waals surface area contributed by atoms with E-state index in [-0.39, 0.29) is 11.6 Å². The number of pyridine rings is 2. The molecule has 1 atom stereocenters. The summed E-state index contributed by atoms with van der Waals surface area (Å²) >= 11 is 0. The first-order chi connectivity index (χ1) is 14.1. The number of aromatic amines is 2. The second-order valence-electron chi connectivity index (χ2n) is 7.08. The number of carbonyl (C=O) groups excluding carboxylic acids is 1. The summed E-state index contributed by atoms with van der Waals surface area (Å²) in [5, 5.41) is 7.34. The molecule has 1 aromatic carbocycles. The molecule has 2 N–H and O–H groups in total. The van der Waals surface area contributed by atoms with E-state index in [1.165, 1.54) is 0 Å². The third-order valence-electron chi connectivity index (χ3n) is 5.10. The molecule has 0 saturated carbocycles. The summed E-state index contributed by atoms with van der Waals surface area (Å²) in [5.41, 5.74) is 5.83. The number of rotatable bonds is 4. The number of benzene rings is 1. The number of imidazole rings is 1. The highest BCUT2D eigenvalue weighted by Crippen LogP contribution is 2.29. The molecule has 0 aliphatic rings. The third kappa shape index (κ3) is 2.97. The summed E-state index contributed by atoms with van der Waals surface area (Å²) in [5.74, 6) is -0.320. The lowest BCUT2D eigenvalue weighted by Gasteiger charge is -2.08. The Bertz CT molecular complexity index is 1350. The molecule has 0 fully saturated rings. The first kappa shape index (κ1) is 17.2. The van der Waals surface area contributed by atoms with Gasteiger partial charge < -0.3 is 5.10 Å². The average Bonchev–Trinajstić information content (AvgIpc) is 3.35. The van der Waals surface area contributed by atoms with Crippen LogP contribution in [0.5, 0.6) is 0 Å². The lowest BCUT2D eigenvalue weighted by molar-refractivity contribution is 0.0955. The highest BCUT2D eigenvalue weighted by atomic mass is 16.1. The van der Waals surface area contributed by atoms with E-state index >= 15 is 0 Å². The SMILES string of the molecule is Cc1cccc([C@@H](C)C(=O)c2nc3cc4[nH][nH]c(-c5ccncc5)c4cc3n2)n1. The first-order valence-electron chi connectivity index (χ1n) is 9.36. The van der Waals surface area contributed by atoms with Crippen LogP contribution in [0.25, 0.3) is 33.2 Å². The maximum absolute atomic E-state index is 13.0. The van der Waals surface area contributed by atoms with Crippen LogP contribution in [0.4, 0.5) is 0 Å². The minimum atomic E-state index is -0.405. The molecular formula is C22H18N6O. The predicted molar refractivity (Wildman–Crippen MR) is 111 cm³/mol. The van der Waals surface area contributed by atoms with Crippen LogP contribution in [0.3, 0.4) is 0 Å². The summed E-state index contributed by atoms with van der Waals surface area (Å²) in [6, 6.07) is 13.4. The number of hydrogen-bond donors (Lipinski definition) is 2. The molecule has 5 aromatic rings. The molecule has 29 heavy (non-hydrogen) atoms. The summed E-state index contributed by atoms with van der Waals surface area (Å²) < 4.78 is 0. The van der Waals surface area contributed by atoms with E-state index in [1.807, 2.05) is 56.3 Å². The normalized spacial score (nSPS) is 12.5. The van der Waals surface area contributed by atoms with Crippen LogP contribution in [-0.4, -0.2) is 35.9 Å². The summed E-state index contributed by atoms with van der Waals surface area (Å²) in [7, 11) is 0. The molecule has 5 rings (SSSR count). The largest absolute Gasteiger partial charge is 0.300 e. The number of ketones is 1. The van der Waals surface area contributed by atoms with Gasteiger partial charge in [-0.15, -0.1) is 0 Å². The number of fused-ring (bicyclic) bond motifs is 2. The third-order valence-corrected chi connectivity index (χ3v) is 5.10. The van der Waals surface area contributed by atoms with Gasteiger partial charge in [0.25, 0.3) is 0 Å². The fourth-order valence-electron chi connectivity index (χ4n) is 3.51. The van der Waals surface area contributed by atoms with Crippen molar-refractivity contribution in [1.82, 2.24) is 30.1 Å². The number of aryl methyl sites for hydroxylation is 1. The van der Waals surface area contributed by atoms with E-state index in [4.69, 9.17) is 0 Å². The summed E-state index contributed by atoms with van der Waals surface area (Å²) in [6.45, 7) is 3.75. The maximum Gasteiger partial charge on any atom is 0.208 e. The second-order valence-corrected chi connectivity index (χ2v) is 7.08. The molecule has 0 saturated heterocycles. The maximum atomic E-state index is 13.0. The van der Waals surface area contributed by atoms with Gasteiger partial charge in [0.05, 0.1) is 33.9 Å². The van der Waals surface area contributed by atoms with Gasteiger partial charge in [-0.25, -0.2) is 9.97 Å². The van der Waals surface area contributed by atoms with Crippen LogP contribution >= 0.6 is 0 Å². The van der Waals surface area contributed by atoms with Crippen molar-refractivity contribution in [3.05, 3.63) is 72.1 Å². The van der Waals surface area contributed by atoms with E-state index in [0.29, 0.717) is 11.0 Å². The van der Waals surface area contributed by atoms with E-state index in [9.17, 15) is 4.79 Å². The molecule has 0 bridgehead atoms. The van der Waals surface area contributed by atoms with Gasteiger partial charge in [-0.05, 0) is 50.2 Å². The fraction of sp³-hybridized carbons (Fsp3) is 0.136. The van der Waals surface area contributed by atoms with E-state index in [2.05, 4.69) is 30.1 Å². The van der Waals surface area contributed by atoms with Crippen molar-refractivity contribution >= 4 is 27.7 Å². The number of Topliss-reactive ketones (excluding diaryl/α,β-unsaturated/α-hetero) is 1. The van der Waals surface area contributed by atoms with Crippen molar-refractivity contribution in [2.75, 3.05) is 0 Å². The smallest absolute Gasteiger partial charge is 0.208 e. The van der Waals surface area contributed by atoms with Crippen LogP contribution in [-0.2, 0) is 0 Å². The van der Waals surface area contributed by atoms with Gasteiger partial charge in [0.15, 0.2) is 5.82 Å². The number of nitrogens with one attached hydrogen (secondary N) is 2. The molecular weight excluding hydrogens is 364 g/mol. The van der Waals surface area contributed by atoms with Crippen molar-refractivity contribution in [2.45, 2.75) is 19.8 Å². The van der Waals surface area contributed by atoms with Gasteiger partial charge >= 0.3 is 0 Å². The van der Waals surface area contributed by atoms with Crippen molar-refractivity contribution in [1.29, 1.82) is 0 Å². The summed E-state index contributed by atoms with van der Waals surface area (Å²) in [4.78, 5) is 30.5. The monoisotopic (exact) mass is 382 g/mol. The van der Waals surface area contributed by atoms with E-state index in [1.54, 1.807) is 12.4 Å². The Kier molecular flexibility index (Phi) is 3.94. The van der Waals surface area contributed by atoms with Crippen molar-refractivity contribution < 1.29 is 4.79 Å². The minimum Gasteiger partial charge on any atom is -0.300 e. The lowest BCUT2D eigenvalue weighted by atomic mass is 10.0. The molecule has 0 aliphatic carbocycles. The molecule has 7 nitrogen and oxygen atoms in total. The quantitative estimate of drug-likeness (QED) is 0.454. The minimum absolute atomic E-state index is 0.135. The Hall–Kier alpha value is -3.87. The molecule has 0 radical (unpaired) electrons. The highest BCUT2D eigenvalue weighted by Gasteiger charge is 2.23. The van der Waals surface area contributed by atoms with Gasteiger partial charge in [0, 0.05) is 29.0 Å². The van der Waals surface area contributed by atoms with Crippen LogP contribution in [0, 0.1) is 6.92 Å². The second kappa shape index (κ2) is 6.63. The van der Waals surface area contributed by atoms with Gasteiger partial charge in [0.2, 0.25) is 5.78 Å². The molecule has 7 heteroatoms. The summed E-state index contributed by atoms with van der Waals surface area (Å²) in [6.07, 6.45) is 3.50. The van der Waals surface area contributed by atoms with Crippen LogP contribution < -0.4 is 0 Å². The highest BCUT2D eigenvalue weighted by molar-refractivity contribution is 6.04. The van der Waals surface area contributed by atoms with Gasteiger partial charge in [-0.1, -0.05) is 6.07 Å². The molecule has 142 valence electrons. The Morgan fingerprint density at radius 2 is 1.72 bits per heavy atom. The Labute approximate surface area is 166 Å². The molecule has 4 heterocycles. The zero-order valence-electron chi connectivity index (χ0n) is 16.0. The van der Waals surface area contributed by atoms with E-state index in [0.717, 1.165) is 33.5 Å². The number of aromatic nitrogens is 6. The van der Waals surface area contributed by atoms with Gasteiger partial charge in [0.1, 0.15) is 0 Å². The zero-order valence-corrected chi connectivity index (χ0v) is 16.0. The molecule has 0 aliphatic heterocycles. The van der Waals surface area contributed by atoms with Crippen molar-refractivity contribution in [3.8, 4) is 11.3 Å². The average molecular weight is 382 g/mol. The van der Waals surface area contributed by atoms with Gasteiger partial charge in [-0.2, -0.15) is 0 Å².